The molecular weight excluding hydrogens is 870 g/mol. The highest BCUT2D eigenvalue weighted by Crippen LogP contribution is 2.39. The maximum Gasteiger partial charge on any atom is 0.338 e. The number of pyridine rings is 1. The number of aromatic nitrogens is 3. The number of benzene rings is 5. The van der Waals surface area contributed by atoms with E-state index in [0.29, 0.717) is 39.0 Å². The highest BCUT2D eigenvalue weighted by Gasteiger charge is 2.52. The molecule has 3 aromatic heterocycles. The van der Waals surface area contributed by atoms with E-state index in [9.17, 15) is 14.4 Å². The SMILES string of the molecule is COc1ccc(-n2c(=O)c3c(-c4ccco4)cc(-c4ccc(Cl)cc4)nc3n([C@@H]3O[C@H](COC(=O)c4ccccc4)[C@@H](OC(=O)c4ccccc4)[C@H]3OC(=O)c3ccccc3)c2=S)cc1. The first-order chi connectivity index (χ1) is 31.7. The molecule has 0 radical (unpaired) electrons. The van der Waals surface area contributed by atoms with Crippen molar-refractivity contribution in [2.75, 3.05) is 13.7 Å². The molecule has 8 aromatic rings. The van der Waals surface area contributed by atoms with Gasteiger partial charge in [-0.1, -0.05) is 78.3 Å². The van der Waals surface area contributed by atoms with Gasteiger partial charge in [0.1, 0.15) is 24.2 Å². The lowest BCUT2D eigenvalue weighted by atomic mass is 10.0. The topological polar surface area (TPSA) is 150 Å². The van der Waals surface area contributed by atoms with Crippen LogP contribution in [0.15, 0.2) is 173 Å². The molecule has 5 aromatic carbocycles. The zero-order valence-corrected chi connectivity index (χ0v) is 35.9. The molecule has 4 heterocycles. The van der Waals surface area contributed by atoms with Gasteiger partial charge in [-0.05, 0) is 103 Å². The molecule has 0 saturated carbocycles. The third-order valence-corrected chi connectivity index (χ3v) is 11.4. The van der Waals surface area contributed by atoms with E-state index in [-0.39, 0.29) is 32.5 Å². The summed E-state index contributed by atoms with van der Waals surface area (Å²) in [5.74, 6) is -1.40. The van der Waals surface area contributed by atoms with E-state index in [2.05, 4.69) is 0 Å². The number of carbonyl (C=O) groups is 3. The van der Waals surface area contributed by atoms with Crippen LogP contribution in [-0.4, -0.2) is 64.1 Å². The predicted octanol–water partition coefficient (Wildman–Crippen LogP) is 9.71. The molecule has 0 bridgehead atoms. The van der Waals surface area contributed by atoms with Crippen LogP contribution in [0.2, 0.25) is 5.02 Å². The van der Waals surface area contributed by atoms with Gasteiger partial charge in [0.25, 0.3) is 5.56 Å². The molecule has 9 rings (SSSR count). The highest BCUT2D eigenvalue weighted by molar-refractivity contribution is 7.71. The van der Waals surface area contributed by atoms with Crippen molar-refractivity contribution in [2.24, 2.45) is 0 Å². The van der Waals surface area contributed by atoms with Crippen molar-refractivity contribution in [3.05, 3.63) is 201 Å². The van der Waals surface area contributed by atoms with Crippen molar-refractivity contribution in [1.82, 2.24) is 14.1 Å². The Labute approximate surface area is 380 Å². The standard InChI is InChI=1S/C50H36ClN3O10S/c1-59-36-25-23-35(24-26-36)53-45(55)41-37(39-18-11-27-60-39)28-38(30-19-21-34(51)22-20-30)52-44(41)54(50(53)65)46-43(64-49(58)33-16-9-4-10-17-33)42(63-48(57)32-14-7-3-8-15-32)40(62-46)29-61-47(56)31-12-5-2-6-13-31/h2-28,40,42-43,46H,29H2,1H3/t40-,42-,43-,46-/m1/s1. The van der Waals surface area contributed by atoms with E-state index in [1.54, 1.807) is 158 Å². The Bertz CT molecular complexity index is 3130. The third kappa shape index (κ3) is 8.70. The van der Waals surface area contributed by atoms with Gasteiger partial charge >= 0.3 is 17.9 Å². The van der Waals surface area contributed by atoms with Crippen LogP contribution in [0, 0.1) is 4.77 Å². The minimum Gasteiger partial charge on any atom is -0.497 e. The maximum absolute atomic E-state index is 15.2. The molecule has 324 valence electrons. The van der Waals surface area contributed by atoms with Crippen LogP contribution in [0.4, 0.5) is 0 Å². The fraction of sp³-hybridized carbons (Fsp3) is 0.120. The Kier molecular flexibility index (Phi) is 12.2. The lowest BCUT2D eigenvalue weighted by Gasteiger charge is -2.27. The molecule has 65 heavy (non-hydrogen) atoms. The molecule has 1 aliphatic rings. The van der Waals surface area contributed by atoms with Crippen LogP contribution >= 0.6 is 23.8 Å². The second kappa shape index (κ2) is 18.6. The minimum absolute atomic E-state index is 0.00411. The molecule has 13 nitrogen and oxygen atoms in total. The van der Waals surface area contributed by atoms with Crippen LogP contribution in [0.3, 0.4) is 0 Å². The molecule has 4 atom stereocenters. The molecule has 0 aliphatic carbocycles. The number of nitrogens with zero attached hydrogens (tertiary/aromatic N) is 3. The van der Waals surface area contributed by atoms with E-state index in [1.165, 1.54) is 22.5 Å². The summed E-state index contributed by atoms with van der Waals surface area (Å²) in [6.45, 7) is -0.471. The van der Waals surface area contributed by atoms with Gasteiger partial charge in [-0.2, -0.15) is 0 Å². The quantitative estimate of drug-likeness (QED) is 0.0652. The summed E-state index contributed by atoms with van der Waals surface area (Å²) < 4.78 is 39.2. The fourth-order valence-corrected chi connectivity index (χ4v) is 8.07. The summed E-state index contributed by atoms with van der Waals surface area (Å²) in [5, 5.41) is 0.541. The second-order valence-electron chi connectivity index (χ2n) is 14.7. The van der Waals surface area contributed by atoms with E-state index in [4.69, 9.17) is 56.9 Å². The molecule has 1 aliphatic heterocycles. The number of carbonyl (C=O) groups excluding carboxylic acids is 3. The number of furan rings is 1. The summed E-state index contributed by atoms with van der Waals surface area (Å²) in [4.78, 5) is 61.9. The summed E-state index contributed by atoms with van der Waals surface area (Å²) in [6.07, 6.45) is -4.25. The summed E-state index contributed by atoms with van der Waals surface area (Å²) >= 11 is 12.6. The van der Waals surface area contributed by atoms with Gasteiger partial charge in [0, 0.05) is 16.1 Å². The number of methoxy groups -OCH3 is 1. The Morgan fingerprint density at radius 2 is 1.31 bits per heavy atom. The van der Waals surface area contributed by atoms with Gasteiger partial charge in [0.2, 0.25) is 0 Å². The Morgan fingerprint density at radius 1 is 0.723 bits per heavy atom. The Balaban J connectivity index is 1.30. The predicted molar refractivity (Wildman–Crippen MR) is 243 cm³/mol. The zero-order chi connectivity index (χ0) is 45.0. The average molecular weight is 906 g/mol. The summed E-state index contributed by atoms with van der Waals surface area (Å²) in [6, 6.07) is 43.5. The number of rotatable bonds is 12. The molecule has 0 amide bonds. The summed E-state index contributed by atoms with van der Waals surface area (Å²) in [7, 11) is 1.52. The van der Waals surface area contributed by atoms with E-state index in [0.717, 1.165) is 0 Å². The first kappa shape index (κ1) is 42.6. The number of fused-ring (bicyclic) bond motifs is 1. The van der Waals surface area contributed by atoms with Crippen LogP contribution in [-0.2, 0) is 18.9 Å². The third-order valence-electron chi connectivity index (χ3n) is 10.7. The van der Waals surface area contributed by atoms with Crippen LogP contribution in [0.25, 0.3) is 39.3 Å². The van der Waals surface area contributed by atoms with Gasteiger partial charge in [0.15, 0.2) is 28.9 Å². The summed E-state index contributed by atoms with van der Waals surface area (Å²) in [5.41, 5.74) is 1.78. The van der Waals surface area contributed by atoms with Gasteiger partial charge < -0.3 is 28.1 Å². The molecule has 0 spiro atoms. The lowest BCUT2D eigenvalue weighted by molar-refractivity contribution is -0.0617. The molecule has 15 heteroatoms. The van der Waals surface area contributed by atoms with Gasteiger partial charge in [-0.3, -0.25) is 13.9 Å². The van der Waals surface area contributed by atoms with Gasteiger partial charge in [-0.15, -0.1) is 0 Å². The number of esters is 3. The molecule has 1 saturated heterocycles. The van der Waals surface area contributed by atoms with Crippen molar-refractivity contribution in [3.8, 4) is 34.0 Å². The highest BCUT2D eigenvalue weighted by atomic mass is 35.5. The smallest absolute Gasteiger partial charge is 0.338 e. The normalized spacial score (nSPS) is 16.8. The monoisotopic (exact) mass is 905 g/mol. The molecule has 1 fully saturated rings. The van der Waals surface area contributed by atoms with Gasteiger partial charge in [0.05, 0.1) is 46.8 Å². The number of hydrogen-bond donors (Lipinski definition) is 0. The second-order valence-corrected chi connectivity index (χ2v) is 15.5. The number of hydrogen-bond acceptors (Lipinski definition) is 12. The van der Waals surface area contributed by atoms with Crippen molar-refractivity contribution >= 4 is 52.8 Å². The Morgan fingerprint density at radius 3 is 1.88 bits per heavy atom. The Hall–Kier alpha value is -7.65. The molecule has 0 N–H and O–H groups in total. The van der Waals surface area contributed by atoms with Crippen molar-refractivity contribution < 1.29 is 42.5 Å². The van der Waals surface area contributed by atoms with Crippen molar-refractivity contribution in [2.45, 2.75) is 24.5 Å². The first-order valence-electron chi connectivity index (χ1n) is 20.2. The molecule has 0 unspecified atom stereocenters. The van der Waals surface area contributed by atoms with Crippen molar-refractivity contribution in [3.63, 3.8) is 0 Å². The average Bonchev–Trinajstić information content (AvgIpc) is 4.00. The first-order valence-corrected chi connectivity index (χ1v) is 21.0. The fourth-order valence-electron chi connectivity index (χ4n) is 7.56. The largest absolute Gasteiger partial charge is 0.497 e. The van der Waals surface area contributed by atoms with Gasteiger partial charge in [-0.25, -0.2) is 19.4 Å². The van der Waals surface area contributed by atoms with Crippen LogP contribution < -0.4 is 10.3 Å². The molecular formula is C50H36ClN3O10S. The van der Waals surface area contributed by atoms with E-state index >= 15 is 4.79 Å². The van der Waals surface area contributed by atoms with E-state index < -0.39 is 54.6 Å². The van der Waals surface area contributed by atoms with Crippen molar-refractivity contribution in [1.29, 1.82) is 0 Å². The van der Waals surface area contributed by atoms with Crippen LogP contribution in [0.1, 0.15) is 37.3 Å². The van der Waals surface area contributed by atoms with Crippen LogP contribution in [0.5, 0.6) is 5.75 Å². The number of halogens is 1. The zero-order valence-electron chi connectivity index (χ0n) is 34.3. The number of ether oxygens (including phenoxy) is 5. The lowest BCUT2D eigenvalue weighted by Crippen LogP contribution is -2.41. The minimum atomic E-state index is -1.51. The maximum atomic E-state index is 15.2. The van der Waals surface area contributed by atoms with E-state index in [1.807, 2.05) is 0 Å².